The Morgan fingerprint density at radius 1 is 0.455 bits per heavy atom. The first-order chi connectivity index (χ1) is 10.8. The highest BCUT2D eigenvalue weighted by Gasteiger charge is 1.99. The molecule has 0 aromatic heterocycles. The standard InChI is InChI=1S/C19H43N3/c1-22(18-14-10-6-2-4-8-12-16-20)19-15-11-7-3-5-9-13-17-21/h2-21H2,1H3. The molecule has 3 heteroatoms. The van der Waals surface area contributed by atoms with Crippen molar-refractivity contribution in [2.45, 2.75) is 89.9 Å². The van der Waals surface area contributed by atoms with E-state index in [-0.39, 0.29) is 0 Å². The second-order valence-electron chi connectivity index (χ2n) is 6.83. The van der Waals surface area contributed by atoms with Crippen LogP contribution in [0.2, 0.25) is 0 Å². The highest BCUT2D eigenvalue weighted by Crippen LogP contribution is 2.09. The van der Waals surface area contributed by atoms with Crippen molar-refractivity contribution in [3.8, 4) is 0 Å². The van der Waals surface area contributed by atoms with Crippen molar-refractivity contribution < 1.29 is 0 Å². The fourth-order valence-electron chi connectivity index (χ4n) is 2.93. The van der Waals surface area contributed by atoms with Crippen LogP contribution in [0.3, 0.4) is 0 Å². The lowest BCUT2D eigenvalue weighted by atomic mass is 10.1. The largest absolute Gasteiger partial charge is 0.330 e. The summed E-state index contributed by atoms with van der Waals surface area (Å²) in [5.74, 6) is 0. The van der Waals surface area contributed by atoms with Gasteiger partial charge in [0, 0.05) is 0 Å². The summed E-state index contributed by atoms with van der Waals surface area (Å²) in [6.07, 6.45) is 18.9. The van der Waals surface area contributed by atoms with Crippen LogP contribution in [0.5, 0.6) is 0 Å². The Morgan fingerprint density at radius 3 is 1.05 bits per heavy atom. The van der Waals surface area contributed by atoms with Gasteiger partial charge in [0.2, 0.25) is 0 Å². The molecule has 3 nitrogen and oxygen atoms in total. The van der Waals surface area contributed by atoms with Gasteiger partial charge >= 0.3 is 0 Å². The van der Waals surface area contributed by atoms with Crippen LogP contribution in [0.25, 0.3) is 0 Å². The number of nitrogens with two attached hydrogens (primary N) is 2. The molecule has 0 spiro atoms. The topological polar surface area (TPSA) is 55.3 Å². The van der Waals surface area contributed by atoms with Gasteiger partial charge in [0.15, 0.2) is 0 Å². The van der Waals surface area contributed by atoms with Crippen LogP contribution in [0.15, 0.2) is 0 Å². The van der Waals surface area contributed by atoms with Gasteiger partial charge in [-0.2, -0.15) is 0 Å². The van der Waals surface area contributed by atoms with Crippen LogP contribution in [-0.4, -0.2) is 38.1 Å². The molecule has 0 aliphatic rings. The van der Waals surface area contributed by atoms with E-state index in [1.54, 1.807) is 0 Å². The van der Waals surface area contributed by atoms with Crippen molar-refractivity contribution >= 4 is 0 Å². The van der Waals surface area contributed by atoms with E-state index in [2.05, 4.69) is 11.9 Å². The summed E-state index contributed by atoms with van der Waals surface area (Å²) in [5.41, 5.74) is 11.0. The normalized spacial score (nSPS) is 11.5. The minimum Gasteiger partial charge on any atom is -0.330 e. The maximum Gasteiger partial charge on any atom is -0.00218 e. The van der Waals surface area contributed by atoms with E-state index in [0.29, 0.717) is 0 Å². The van der Waals surface area contributed by atoms with Gasteiger partial charge in [0.25, 0.3) is 0 Å². The molecule has 0 saturated heterocycles. The zero-order chi connectivity index (χ0) is 16.3. The number of nitrogens with zero attached hydrogens (tertiary/aromatic N) is 1. The van der Waals surface area contributed by atoms with Gasteiger partial charge in [-0.05, 0) is 58.9 Å². The predicted molar refractivity (Wildman–Crippen MR) is 100 cm³/mol. The lowest BCUT2D eigenvalue weighted by Gasteiger charge is -2.16. The highest BCUT2D eigenvalue weighted by atomic mass is 15.1. The van der Waals surface area contributed by atoms with E-state index in [9.17, 15) is 0 Å². The van der Waals surface area contributed by atoms with E-state index in [1.807, 2.05) is 0 Å². The first kappa shape index (κ1) is 21.9. The molecule has 0 amide bonds. The Kier molecular flexibility index (Phi) is 18.8. The molecule has 134 valence electrons. The summed E-state index contributed by atoms with van der Waals surface area (Å²) in [6.45, 7) is 4.27. The third kappa shape index (κ3) is 17.9. The molecule has 0 saturated carbocycles. The van der Waals surface area contributed by atoms with Gasteiger partial charge in [0.05, 0.1) is 0 Å². The molecule has 0 aromatic rings. The minimum atomic E-state index is 0.860. The Bertz CT molecular complexity index is 177. The Morgan fingerprint density at radius 2 is 0.727 bits per heavy atom. The molecule has 0 aliphatic carbocycles. The molecule has 4 N–H and O–H groups in total. The summed E-state index contributed by atoms with van der Waals surface area (Å²) >= 11 is 0. The Hall–Kier alpha value is -0.120. The van der Waals surface area contributed by atoms with Gasteiger partial charge in [0.1, 0.15) is 0 Å². The first-order valence-corrected chi connectivity index (χ1v) is 9.90. The third-order valence-electron chi connectivity index (χ3n) is 4.49. The average molecular weight is 314 g/mol. The monoisotopic (exact) mass is 313 g/mol. The van der Waals surface area contributed by atoms with Gasteiger partial charge in [-0.15, -0.1) is 0 Å². The molecule has 0 rings (SSSR count). The Balaban J connectivity index is 3.11. The molecule has 0 aliphatic heterocycles. The van der Waals surface area contributed by atoms with Crippen LogP contribution < -0.4 is 11.5 Å². The SMILES string of the molecule is CN(CCCCCCCCCN)CCCCCCCCCN. The summed E-state index contributed by atoms with van der Waals surface area (Å²) in [6, 6.07) is 0. The van der Waals surface area contributed by atoms with Crippen LogP contribution in [0.4, 0.5) is 0 Å². The van der Waals surface area contributed by atoms with Gasteiger partial charge < -0.3 is 16.4 Å². The van der Waals surface area contributed by atoms with Crippen molar-refractivity contribution in [1.29, 1.82) is 0 Å². The molecule has 0 atom stereocenters. The fraction of sp³-hybridized carbons (Fsp3) is 1.00. The lowest BCUT2D eigenvalue weighted by Crippen LogP contribution is -2.20. The van der Waals surface area contributed by atoms with E-state index in [1.165, 1.54) is 103 Å². The van der Waals surface area contributed by atoms with Crippen molar-refractivity contribution in [1.82, 2.24) is 4.90 Å². The summed E-state index contributed by atoms with van der Waals surface area (Å²) in [7, 11) is 2.28. The van der Waals surface area contributed by atoms with E-state index >= 15 is 0 Å². The second kappa shape index (κ2) is 18.9. The zero-order valence-electron chi connectivity index (χ0n) is 15.3. The van der Waals surface area contributed by atoms with Crippen molar-refractivity contribution in [2.24, 2.45) is 11.5 Å². The van der Waals surface area contributed by atoms with Crippen molar-refractivity contribution in [2.75, 3.05) is 33.2 Å². The predicted octanol–water partition coefficient (Wildman–Crippen LogP) is 4.30. The molecule has 0 aromatic carbocycles. The summed E-state index contributed by atoms with van der Waals surface area (Å²) in [4.78, 5) is 2.52. The minimum absolute atomic E-state index is 0.860. The smallest absolute Gasteiger partial charge is 0.00218 e. The molecular formula is C19H43N3. The Labute approximate surface area is 140 Å². The third-order valence-corrected chi connectivity index (χ3v) is 4.49. The van der Waals surface area contributed by atoms with Crippen LogP contribution >= 0.6 is 0 Å². The first-order valence-electron chi connectivity index (χ1n) is 9.90. The number of rotatable bonds is 18. The molecular weight excluding hydrogens is 270 g/mol. The molecule has 0 fully saturated rings. The summed E-state index contributed by atoms with van der Waals surface area (Å²) < 4.78 is 0. The molecule has 22 heavy (non-hydrogen) atoms. The number of hydrogen-bond acceptors (Lipinski definition) is 3. The van der Waals surface area contributed by atoms with E-state index in [0.717, 1.165) is 13.1 Å². The molecule has 0 unspecified atom stereocenters. The molecule has 0 bridgehead atoms. The van der Waals surface area contributed by atoms with E-state index in [4.69, 9.17) is 11.5 Å². The van der Waals surface area contributed by atoms with Crippen molar-refractivity contribution in [3.63, 3.8) is 0 Å². The zero-order valence-corrected chi connectivity index (χ0v) is 15.3. The fourth-order valence-corrected chi connectivity index (χ4v) is 2.93. The summed E-state index contributed by atoms with van der Waals surface area (Å²) in [5, 5.41) is 0. The molecule has 0 heterocycles. The second-order valence-corrected chi connectivity index (χ2v) is 6.83. The maximum atomic E-state index is 5.50. The van der Waals surface area contributed by atoms with Gasteiger partial charge in [-0.25, -0.2) is 0 Å². The number of unbranched alkanes of at least 4 members (excludes halogenated alkanes) is 12. The van der Waals surface area contributed by atoms with Gasteiger partial charge in [-0.3, -0.25) is 0 Å². The quantitative estimate of drug-likeness (QED) is 0.371. The van der Waals surface area contributed by atoms with Crippen molar-refractivity contribution in [3.05, 3.63) is 0 Å². The molecule has 0 radical (unpaired) electrons. The van der Waals surface area contributed by atoms with Crippen LogP contribution in [0, 0.1) is 0 Å². The van der Waals surface area contributed by atoms with Crippen LogP contribution in [0.1, 0.15) is 89.9 Å². The number of hydrogen-bond donors (Lipinski definition) is 2. The van der Waals surface area contributed by atoms with E-state index < -0.39 is 0 Å². The highest BCUT2D eigenvalue weighted by molar-refractivity contribution is 4.55. The average Bonchev–Trinajstić information content (AvgIpc) is 2.52. The van der Waals surface area contributed by atoms with Crippen LogP contribution in [-0.2, 0) is 0 Å². The van der Waals surface area contributed by atoms with Gasteiger partial charge in [-0.1, -0.05) is 64.2 Å². The maximum absolute atomic E-state index is 5.50. The lowest BCUT2D eigenvalue weighted by molar-refractivity contribution is 0.314.